The minimum Gasteiger partial charge on any atom is -0.462 e. The van der Waals surface area contributed by atoms with Crippen LogP contribution in [0.4, 0.5) is 0 Å². The van der Waals surface area contributed by atoms with E-state index in [1.807, 2.05) is 0 Å². The van der Waals surface area contributed by atoms with E-state index >= 15 is 0 Å². The van der Waals surface area contributed by atoms with Crippen molar-refractivity contribution in [3.8, 4) is 0 Å². The molecular weight excluding hydrogens is 985 g/mol. The zero-order valence-electron chi connectivity index (χ0n) is 53.3. The minimum absolute atomic E-state index is 0.0771. The second-order valence-electron chi connectivity index (χ2n) is 23.4. The van der Waals surface area contributed by atoms with Crippen molar-refractivity contribution in [1.82, 2.24) is 0 Å². The lowest BCUT2D eigenvalue weighted by molar-refractivity contribution is -0.167. The maximum Gasteiger partial charge on any atom is 0.306 e. The fourth-order valence-electron chi connectivity index (χ4n) is 10.1. The number of esters is 3. The van der Waals surface area contributed by atoms with E-state index in [0.717, 1.165) is 89.9 Å². The van der Waals surface area contributed by atoms with Crippen molar-refractivity contribution in [2.75, 3.05) is 13.2 Å². The number of allylic oxidation sites excluding steroid dienone is 12. The molecule has 6 heteroatoms. The van der Waals surface area contributed by atoms with Gasteiger partial charge in [-0.2, -0.15) is 0 Å². The molecule has 0 radical (unpaired) electrons. The Hall–Kier alpha value is -3.15. The van der Waals surface area contributed by atoms with E-state index < -0.39 is 6.10 Å². The van der Waals surface area contributed by atoms with Gasteiger partial charge in [-0.15, -0.1) is 0 Å². The van der Waals surface area contributed by atoms with Crippen molar-refractivity contribution in [3.63, 3.8) is 0 Å². The highest BCUT2D eigenvalue weighted by molar-refractivity contribution is 5.71. The Kier molecular flexibility index (Phi) is 65.7. The Morgan fingerprint density at radius 3 is 0.762 bits per heavy atom. The number of rotatable bonds is 64. The Bertz CT molecular complexity index is 1470. The van der Waals surface area contributed by atoms with Crippen LogP contribution in [0, 0.1) is 0 Å². The van der Waals surface area contributed by atoms with E-state index in [-0.39, 0.29) is 31.1 Å². The molecule has 80 heavy (non-hydrogen) atoms. The quantitative estimate of drug-likeness (QED) is 0.0261. The predicted molar refractivity (Wildman–Crippen MR) is 348 cm³/mol. The van der Waals surface area contributed by atoms with E-state index in [1.165, 1.54) is 231 Å². The van der Waals surface area contributed by atoms with E-state index in [2.05, 4.69) is 93.7 Å². The first-order valence-electron chi connectivity index (χ1n) is 34.9. The number of hydrogen-bond donors (Lipinski definition) is 0. The predicted octanol–water partition coefficient (Wildman–Crippen LogP) is 24.1. The van der Waals surface area contributed by atoms with E-state index in [0.29, 0.717) is 19.3 Å². The molecule has 0 fully saturated rings. The Labute approximate surface area is 497 Å². The van der Waals surface area contributed by atoms with Crippen LogP contribution in [-0.4, -0.2) is 37.2 Å². The van der Waals surface area contributed by atoms with Crippen LogP contribution in [0.25, 0.3) is 0 Å². The van der Waals surface area contributed by atoms with Gasteiger partial charge in [0, 0.05) is 19.3 Å². The molecule has 0 aromatic heterocycles. The van der Waals surface area contributed by atoms with Gasteiger partial charge < -0.3 is 14.2 Å². The number of hydrogen-bond acceptors (Lipinski definition) is 6. The first-order chi connectivity index (χ1) is 39.5. The Balaban J connectivity index is 4.15. The third kappa shape index (κ3) is 65.7. The summed E-state index contributed by atoms with van der Waals surface area (Å²) in [6.07, 6.45) is 89.4. The smallest absolute Gasteiger partial charge is 0.306 e. The van der Waals surface area contributed by atoms with Crippen LogP contribution in [0.15, 0.2) is 72.9 Å². The minimum atomic E-state index is -0.781. The van der Waals surface area contributed by atoms with Gasteiger partial charge in [0.2, 0.25) is 0 Å². The Morgan fingerprint density at radius 1 is 0.250 bits per heavy atom. The molecule has 0 aromatic carbocycles. The molecule has 0 saturated carbocycles. The maximum absolute atomic E-state index is 12.9. The summed E-state index contributed by atoms with van der Waals surface area (Å²) in [7, 11) is 0. The third-order valence-electron chi connectivity index (χ3n) is 15.4. The second kappa shape index (κ2) is 68.3. The van der Waals surface area contributed by atoms with Gasteiger partial charge in [-0.05, 0) is 109 Å². The van der Waals surface area contributed by atoms with E-state index in [9.17, 15) is 14.4 Å². The number of ether oxygens (including phenoxy) is 3. The molecule has 0 spiro atoms. The van der Waals surface area contributed by atoms with Crippen LogP contribution >= 0.6 is 0 Å². The van der Waals surface area contributed by atoms with E-state index in [4.69, 9.17) is 14.2 Å². The normalized spacial score (nSPS) is 12.5. The molecule has 0 N–H and O–H groups in total. The van der Waals surface area contributed by atoms with Crippen LogP contribution in [0.2, 0.25) is 0 Å². The fraction of sp³-hybridized carbons (Fsp3) is 0.797. The molecule has 0 aliphatic heterocycles. The zero-order valence-corrected chi connectivity index (χ0v) is 53.3. The van der Waals surface area contributed by atoms with Gasteiger partial charge in [-0.25, -0.2) is 0 Å². The van der Waals surface area contributed by atoms with Gasteiger partial charge >= 0.3 is 17.9 Å². The lowest BCUT2D eigenvalue weighted by Gasteiger charge is -2.18. The molecule has 1 atom stereocenters. The molecular formula is C74H132O6. The summed E-state index contributed by atoms with van der Waals surface area (Å²) in [6.45, 7) is 6.59. The summed E-state index contributed by atoms with van der Waals surface area (Å²) in [5.74, 6) is -0.876. The van der Waals surface area contributed by atoms with Gasteiger partial charge in [-0.3, -0.25) is 14.4 Å². The molecule has 6 nitrogen and oxygen atoms in total. The Morgan fingerprint density at radius 2 is 0.475 bits per heavy atom. The molecule has 0 aliphatic carbocycles. The number of carbonyl (C=O) groups excluding carboxylic acids is 3. The highest BCUT2D eigenvalue weighted by atomic mass is 16.6. The first-order valence-corrected chi connectivity index (χ1v) is 34.9. The van der Waals surface area contributed by atoms with Crippen LogP contribution < -0.4 is 0 Å². The van der Waals surface area contributed by atoms with Gasteiger partial charge in [-0.1, -0.05) is 306 Å². The average molecular weight is 1120 g/mol. The van der Waals surface area contributed by atoms with Gasteiger partial charge in [0.25, 0.3) is 0 Å². The molecule has 0 bridgehead atoms. The van der Waals surface area contributed by atoms with Gasteiger partial charge in [0.1, 0.15) is 13.2 Å². The monoisotopic (exact) mass is 1120 g/mol. The van der Waals surface area contributed by atoms with Gasteiger partial charge in [0.15, 0.2) is 6.10 Å². The molecule has 0 rings (SSSR count). The van der Waals surface area contributed by atoms with Crippen molar-refractivity contribution < 1.29 is 28.6 Å². The number of carbonyl (C=O) groups is 3. The SMILES string of the molecule is CCC/C=C\CCCCCCCC(=O)OCC(COC(=O)CCCCCCCCCCCCCCCCCC/C=C\C/C=C\C/C=C\CCCCCCC)OC(=O)CCCCCCCCCCC/C=C\C/C=C\CCCCCCC. The summed E-state index contributed by atoms with van der Waals surface area (Å²) in [5.41, 5.74) is 0. The summed E-state index contributed by atoms with van der Waals surface area (Å²) >= 11 is 0. The summed E-state index contributed by atoms with van der Waals surface area (Å²) in [6, 6.07) is 0. The fourth-order valence-corrected chi connectivity index (χ4v) is 10.1. The molecule has 464 valence electrons. The summed E-state index contributed by atoms with van der Waals surface area (Å²) in [4.78, 5) is 38.3. The van der Waals surface area contributed by atoms with Crippen LogP contribution in [0.1, 0.15) is 361 Å². The first kappa shape index (κ1) is 76.9. The summed E-state index contributed by atoms with van der Waals surface area (Å²) < 4.78 is 16.9. The van der Waals surface area contributed by atoms with Crippen LogP contribution in [0.5, 0.6) is 0 Å². The highest BCUT2D eigenvalue weighted by Gasteiger charge is 2.19. The molecule has 0 heterocycles. The molecule has 0 amide bonds. The topological polar surface area (TPSA) is 78.9 Å². The van der Waals surface area contributed by atoms with Crippen molar-refractivity contribution >= 4 is 17.9 Å². The van der Waals surface area contributed by atoms with Gasteiger partial charge in [0.05, 0.1) is 0 Å². The van der Waals surface area contributed by atoms with Crippen molar-refractivity contribution in [1.29, 1.82) is 0 Å². The van der Waals surface area contributed by atoms with Crippen molar-refractivity contribution in [2.45, 2.75) is 367 Å². The third-order valence-corrected chi connectivity index (χ3v) is 15.4. The molecule has 0 aromatic rings. The molecule has 0 aliphatic rings. The maximum atomic E-state index is 12.9. The zero-order chi connectivity index (χ0) is 57.8. The number of unbranched alkanes of at least 4 members (excludes halogenated alkanes) is 41. The molecule has 1 unspecified atom stereocenters. The molecule has 0 saturated heterocycles. The highest BCUT2D eigenvalue weighted by Crippen LogP contribution is 2.17. The van der Waals surface area contributed by atoms with Crippen LogP contribution in [0.3, 0.4) is 0 Å². The van der Waals surface area contributed by atoms with Crippen molar-refractivity contribution in [2.24, 2.45) is 0 Å². The lowest BCUT2D eigenvalue weighted by atomic mass is 10.0. The van der Waals surface area contributed by atoms with Crippen molar-refractivity contribution in [3.05, 3.63) is 72.9 Å². The average Bonchev–Trinajstić information content (AvgIpc) is 3.46. The summed E-state index contributed by atoms with van der Waals surface area (Å²) in [5, 5.41) is 0. The largest absolute Gasteiger partial charge is 0.462 e. The van der Waals surface area contributed by atoms with E-state index in [1.54, 1.807) is 0 Å². The lowest BCUT2D eigenvalue weighted by Crippen LogP contribution is -2.30. The second-order valence-corrected chi connectivity index (χ2v) is 23.4. The van der Waals surface area contributed by atoms with Crippen LogP contribution in [-0.2, 0) is 28.6 Å². The standard InChI is InChI=1S/C74H132O6/c1-4-7-10-13-16-19-22-24-26-28-30-32-33-34-35-36-37-38-39-40-41-43-44-46-48-50-52-55-58-61-64-67-73(76)79-70-71(69-78-72(75)66-63-60-57-54-21-18-15-12-9-6-3)80-74(77)68-65-62-59-56-53-51-49-47-45-42-31-29-27-25-23-20-17-14-11-8-5-2/h12,15,22-25,28-31,33-34,71H,4-11,13-14,16-21,26-27,32,35-70H2,1-3H3/b15-12-,24-22-,25-23-,30-28-,31-29-,34-33-.